The molecule has 154 valence electrons. The number of nitrogens with zero attached hydrogens (tertiary/aromatic N) is 5. The number of halogens is 4. The zero-order valence-electron chi connectivity index (χ0n) is 15.0. The molecule has 2 N–H and O–H groups in total. The van der Waals surface area contributed by atoms with Crippen LogP contribution in [0.25, 0.3) is 22.8 Å². The summed E-state index contributed by atoms with van der Waals surface area (Å²) in [6.45, 7) is 0. The standard InChI is InChI=1S/C18H12BrF3N6OS/c19-13-4-2-1-3-12(13)16-25-26-17(28(16)23)30-9-14-24-15(27-29-14)10-5-7-11(8-6-10)18(20,21)22/h1-8H,9,23H2. The minimum Gasteiger partial charge on any atom is -0.338 e. The highest BCUT2D eigenvalue weighted by Crippen LogP contribution is 2.31. The quantitative estimate of drug-likeness (QED) is 0.313. The van der Waals surface area contributed by atoms with E-state index in [1.165, 1.54) is 28.6 Å². The first-order valence-electron chi connectivity index (χ1n) is 8.41. The first-order valence-corrected chi connectivity index (χ1v) is 10.2. The van der Waals surface area contributed by atoms with E-state index in [2.05, 4.69) is 36.3 Å². The van der Waals surface area contributed by atoms with E-state index in [4.69, 9.17) is 10.4 Å². The van der Waals surface area contributed by atoms with E-state index in [1.807, 2.05) is 24.3 Å². The van der Waals surface area contributed by atoms with Crippen molar-refractivity contribution < 1.29 is 17.7 Å². The molecule has 0 aliphatic heterocycles. The van der Waals surface area contributed by atoms with E-state index >= 15 is 0 Å². The molecule has 2 aromatic heterocycles. The number of alkyl halides is 3. The van der Waals surface area contributed by atoms with Gasteiger partial charge in [-0.3, -0.25) is 0 Å². The highest BCUT2D eigenvalue weighted by molar-refractivity contribution is 9.10. The first kappa shape index (κ1) is 20.4. The molecule has 0 radical (unpaired) electrons. The minimum absolute atomic E-state index is 0.197. The summed E-state index contributed by atoms with van der Waals surface area (Å²) in [6, 6.07) is 12.0. The number of benzene rings is 2. The number of nitrogen functional groups attached to an aromatic ring is 1. The van der Waals surface area contributed by atoms with Crippen molar-refractivity contribution in [3.63, 3.8) is 0 Å². The second-order valence-electron chi connectivity index (χ2n) is 6.03. The van der Waals surface area contributed by atoms with Gasteiger partial charge in [-0.15, -0.1) is 10.2 Å². The fourth-order valence-corrected chi connectivity index (χ4v) is 3.72. The topological polar surface area (TPSA) is 95.7 Å². The van der Waals surface area contributed by atoms with Gasteiger partial charge < -0.3 is 10.4 Å². The predicted octanol–water partition coefficient (Wildman–Crippen LogP) is 4.78. The molecule has 30 heavy (non-hydrogen) atoms. The van der Waals surface area contributed by atoms with Crippen LogP contribution in [-0.2, 0) is 11.9 Å². The van der Waals surface area contributed by atoms with Crippen molar-refractivity contribution in [1.29, 1.82) is 0 Å². The molecular weight excluding hydrogens is 485 g/mol. The summed E-state index contributed by atoms with van der Waals surface area (Å²) in [5.74, 6) is 7.33. The maximum Gasteiger partial charge on any atom is 0.416 e. The molecule has 7 nitrogen and oxygen atoms in total. The lowest BCUT2D eigenvalue weighted by atomic mass is 10.1. The van der Waals surface area contributed by atoms with E-state index in [9.17, 15) is 13.2 Å². The van der Waals surface area contributed by atoms with Crippen molar-refractivity contribution in [1.82, 2.24) is 25.0 Å². The molecule has 0 fully saturated rings. The van der Waals surface area contributed by atoms with Gasteiger partial charge in [0.1, 0.15) is 0 Å². The monoisotopic (exact) mass is 496 g/mol. The Balaban J connectivity index is 1.46. The molecule has 0 aliphatic rings. The van der Waals surface area contributed by atoms with Crippen LogP contribution in [0.1, 0.15) is 11.5 Å². The van der Waals surface area contributed by atoms with Gasteiger partial charge in [0.25, 0.3) is 0 Å². The summed E-state index contributed by atoms with van der Waals surface area (Å²) < 4.78 is 45.4. The highest BCUT2D eigenvalue weighted by Gasteiger charge is 2.30. The molecule has 2 heterocycles. The fourth-order valence-electron chi connectivity index (χ4n) is 2.57. The molecule has 12 heteroatoms. The van der Waals surface area contributed by atoms with Gasteiger partial charge in [0.2, 0.25) is 16.9 Å². The summed E-state index contributed by atoms with van der Waals surface area (Å²) >= 11 is 4.69. The van der Waals surface area contributed by atoms with Crippen LogP contribution < -0.4 is 5.84 Å². The molecule has 4 aromatic rings. The number of rotatable bonds is 5. The maximum absolute atomic E-state index is 12.7. The Labute approximate surface area is 180 Å². The Hall–Kier alpha value is -2.86. The second-order valence-corrected chi connectivity index (χ2v) is 7.83. The zero-order chi connectivity index (χ0) is 21.3. The van der Waals surface area contributed by atoms with Gasteiger partial charge in [0, 0.05) is 15.6 Å². The second kappa shape index (κ2) is 8.11. The van der Waals surface area contributed by atoms with Crippen LogP contribution in [0.15, 0.2) is 62.7 Å². The first-order chi connectivity index (χ1) is 14.3. The number of hydrogen-bond donors (Lipinski definition) is 1. The van der Waals surface area contributed by atoms with Crippen LogP contribution in [0.3, 0.4) is 0 Å². The third-order valence-electron chi connectivity index (χ3n) is 4.04. The molecule has 0 atom stereocenters. The number of hydrogen-bond acceptors (Lipinski definition) is 7. The number of thioether (sulfide) groups is 1. The molecule has 0 saturated heterocycles. The van der Waals surface area contributed by atoms with Gasteiger partial charge in [0.05, 0.1) is 11.3 Å². The molecule has 2 aromatic carbocycles. The molecule has 0 amide bonds. The molecule has 4 rings (SSSR count). The summed E-state index contributed by atoms with van der Waals surface area (Å²) in [5, 5.41) is 12.5. The van der Waals surface area contributed by atoms with Crippen molar-refractivity contribution >= 4 is 27.7 Å². The molecule has 0 aliphatic carbocycles. The van der Waals surface area contributed by atoms with Crippen LogP contribution in [-0.4, -0.2) is 25.0 Å². The largest absolute Gasteiger partial charge is 0.416 e. The Morgan fingerprint density at radius 2 is 1.80 bits per heavy atom. The lowest BCUT2D eigenvalue weighted by molar-refractivity contribution is -0.137. The SMILES string of the molecule is Nn1c(SCc2nc(-c3ccc(C(F)(F)F)cc3)no2)nnc1-c1ccccc1Br. The van der Waals surface area contributed by atoms with Crippen LogP contribution in [0.2, 0.25) is 0 Å². The Morgan fingerprint density at radius 1 is 1.07 bits per heavy atom. The molecule has 0 unspecified atom stereocenters. The Kier molecular flexibility index (Phi) is 5.52. The van der Waals surface area contributed by atoms with Crippen LogP contribution in [0.4, 0.5) is 13.2 Å². The lowest BCUT2D eigenvalue weighted by Crippen LogP contribution is -2.11. The zero-order valence-corrected chi connectivity index (χ0v) is 17.4. The van der Waals surface area contributed by atoms with Crippen molar-refractivity contribution in [2.24, 2.45) is 0 Å². The lowest BCUT2D eigenvalue weighted by Gasteiger charge is -2.05. The van der Waals surface area contributed by atoms with E-state index in [0.29, 0.717) is 16.5 Å². The van der Waals surface area contributed by atoms with Gasteiger partial charge >= 0.3 is 6.18 Å². The number of aromatic nitrogens is 5. The summed E-state index contributed by atoms with van der Waals surface area (Å²) in [5.41, 5.74) is 0.469. The maximum atomic E-state index is 12.7. The molecular formula is C18H12BrF3N6OS. The van der Waals surface area contributed by atoms with Gasteiger partial charge in [0.15, 0.2) is 5.82 Å². The van der Waals surface area contributed by atoms with Crippen molar-refractivity contribution in [3.05, 3.63) is 64.5 Å². The van der Waals surface area contributed by atoms with Gasteiger partial charge in [-0.25, -0.2) is 4.68 Å². The van der Waals surface area contributed by atoms with Crippen molar-refractivity contribution in [3.8, 4) is 22.8 Å². The van der Waals surface area contributed by atoms with E-state index in [1.54, 1.807) is 0 Å². The third kappa shape index (κ3) is 4.19. The summed E-state index contributed by atoms with van der Waals surface area (Å²) in [6.07, 6.45) is -4.40. The molecule has 0 bridgehead atoms. The van der Waals surface area contributed by atoms with E-state index in [-0.39, 0.29) is 17.5 Å². The molecule has 0 saturated carbocycles. The highest BCUT2D eigenvalue weighted by atomic mass is 79.9. The summed E-state index contributed by atoms with van der Waals surface area (Å²) in [7, 11) is 0. The number of nitrogens with two attached hydrogens (primary N) is 1. The van der Waals surface area contributed by atoms with E-state index < -0.39 is 11.7 Å². The third-order valence-corrected chi connectivity index (χ3v) is 5.66. The van der Waals surface area contributed by atoms with Gasteiger partial charge in [-0.1, -0.05) is 57.1 Å². The Bertz CT molecular complexity index is 1180. The average molecular weight is 497 g/mol. The van der Waals surface area contributed by atoms with Gasteiger partial charge in [-0.2, -0.15) is 18.2 Å². The van der Waals surface area contributed by atoms with Gasteiger partial charge in [-0.05, 0) is 24.3 Å². The van der Waals surface area contributed by atoms with Crippen LogP contribution >= 0.6 is 27.7 Å². The predicted molar refractivity (Wildman–Crippen MR) is 108 cm³/mol. The van der Waals surface area contributed by atoms with Crippen LogP contribution in [0, 0.1) is 0 Å². The van der Waals surface area contributed by atoms with Crippen LogP contribution in [0.5, 0.6) is 0 Å². The normalized spacial score (nSPS) is 11.7. The fraction of sp³-hybridized carbons (Fsp3) is 0.111. The smallest absolute Gasteiger partial charge is 0.338 e. The van der Waals surface area contributed by atoms with Crippen molar-refractivity contribution in [2.75, 3.05) is 5.84 Å². The molecule has 0 spiro atoms. The van der Waals surface area contributed by atoms with Crippen molar-refractivity contribution in [2.45, 2.75) is 17.1 Å². The average Bonchev–Trinajstić information content (AvgIpc) is 3.33. The minimum atomic E-state index is -4.40. The Morgan fingerprint density at radius 3 is 2.50 bits per heavy atom. The summed E-state index contributed by atoms with van der Waals surface area (Å²) in [4.78, 5) is 4.21. The van der Waals surface area contributed by atoms with E-state index in [0.717, 1.165) is 22.2 Å².